The lowest BCUT2D eigenvalue weighted by molar-refractivity contribution is 0.145. The van der Waals surface area contributed by atoms with Crippen LogP contribution in [0.15, 0.2) is 30.3 Å². The first-order chi connectivity index (χ1) is 9.35. The third-order valence-electron chi connectivity index (χ3n) is 4.66. The summed E-state index contributed by atoms with van der Waals surface area (Å²) in [5.74, 6) is 0.734. The van der Waals surface area contributed by atoms with Crippen LogP contribution in [0.3, 0.4) is 0 Å². The van der Waals surface area contributed by atoms with Gasteiger partial charge in [-0.2, -0.15) is 0 Å². The summed E-state index contributed by atoms with van der Waals surface area (Å²) in [6.07, 6.45) is 3.73. The molecule has 2 fully saturated rings. The Bertz CT molecular complexity index is 448. The Hall–Kier alpha value is -0.860. The molecule has 1 aromatic carbocycles. The predicted molar refractivity (Wildman–Crippen MR) is 85.0 cm³/mol. The Balaban J connectivity index is 1.60. The van der Waals surface area contributed by atoms with E-state index in [9.17, 15) is 0 Å². The van der Waals surface area contributed by atoms with Crippen molar-refractivity contribution in [2.75, 3.05) is 0 Å². The average molecular weight is 272 g/mol. The Labute approximate surface area is 123 Å². The van der Waals surface area contributed by atoms with Gasteiger partial charge in [-0.1, -0.05) is 30.3 Å². The molecule has 1 saturated heterocycles. The van der Waals surface area contributed by atoms with Gasteiger partial charge in [0.1, 0.15) is 0 Å². The lowest BCUT2D eigenvalue weighted by Gasteiger charge is -2.47. The monoisotopic (exact) mass is 272 g/mol. The van der Waals surface area contributed by atoms with E-state index in [1.807, 2.05) is 0 Å². The highest BCUT2D eigenvalue weighted by molar-refractivity contribution is 5.28. The first kappa shape index (κ1) is 14.1. The maximum atomic E-state index is 3.91. The second kappa shape index (κ2) is 4.85. The van der Waals surface area contributed by atoms with E-state index in [0.29, 0.717) is 12.1 Å². The highest BCUT2D eigenvalue weighted by Crippen LogP contribution is 2.42. The Kier molecular flexibility index (Phi) is 3.42. The summed E-state index contributed by atoms with van der Waals surface area (Å²) >= 11 is 0. The molecule has 1 heterocycles. The van der Waals surface area contributed by atoms with Gasteiger partial charge < -0.3 is 10.6 Å². The van der Waals surface area contributed by atoms with Crippen molar-refractivity contribution in [3.05, 3.63) is 35.9 Å². The summed E-state index contributed by atoms with van der Waals surface area (Å²) in [6, 6.07) is 12.3. The molecule has 0 amide bonds. The smallest absolute Gasteiger partial charge is 0.0145 e. The van der Waals surface area contributed by atoms with Crippen molar-refractivity contribution in [3.63, 3.8) is 0 Å². The molecule has 2 aliphatic rings. The highest BCUT2D eigenvalue weighted by atomic mass is 15.1. The van der Waals surface area contributed by atoms with Crippen LogP contribution >= 0.6 is 0 Å². The maximum absolute atomic E-state index is 3.91. The summed E-state index contributed by atoms with van der Waals surface area (Å²) in [5.41, 5.74) is 1.96. The van der Waals surface area contributed by atoms with E-state index in [4.69, 9.17) is 0 Å². The zero-order valence-corrected chi connectivity index (χ0v) is 13.2. The summed E-state index contributed by atoms with van der Waals surface area (Å²) in [4.78, 5) is 0. The maximum Gasteiger partial charge on any atom is 0.0145 e. The van der Waals surface area contributed by atoms with Crippen molar-refractivity contribution in [1.29, 1.82) is 0 Å². The van der Waals surface area contributed by atoms with Crippen LogP contribution in [0.1, 0.15) is 58.4 Å². The minimum Gasteiger partial charge on any atom is -0.310 e. The SMILES string of the molecule is CC1(C)CC(N[C@H]2C[C@@H]2c2ccccc2)CC(C)(C)N1. The molecule has 1 aliphatic carbocycles. The van der Waals surface area contributed by atoms with Crippen LogP contribution in [0, 0.1) is 0 Å². The van der Waals surface area contributed by atoms with Crippen LogP contribution in [0.2, 0.25) is 0 Å². The van der Waals surface area contributed by atoms with Crippen molar-refractivity contribution in [2.24, 2.45) is 0 Å². The van der Waals surface area contributed by atoms with Gasteiger partial charge in [0.05, 0.1) is 0 Å². The van der Waals surface area contributed by atoms with Crippen LogP contribution in [-0.4, -0.2) is 23.2 Å². The first-order valence-electron chi connectivity index (χ1n) is 7.95. The number of piperidine rings is 1. The minimum absolute atomic E-state index is 0.233. The van der Waals surface area contributed by atoms with Gasteiger partial charge in [0.2, 0.25) is 0 Å². The van der Waals surface area contributed by atoms with E-state index in [2.05, 4.69) is 68.7 Å². The van der Waals surface area contributed by atoms with Gasteiger partial charge in [-0.25, -0.2) is 0 Å². The number of nitrogens with one attached hydrogen (secondary N) is 2. The van der Waals surface area contributed by atoms with Crippen LogP contribution in [-0.2, 0) is 0 Å². The normalized spacial score (nSPS) is 32.0. The van der Waals surface area contributed by atoms with Crippen molar-refractivity contribution < 1.29 is 0 Å². The van der Waals surface area contributed by atoms with Crippen LogP contribution in [0.5, 0.6) is 0 Å². The number of hydrogen-bond acceptors (Lipinski definition) is 2. The Morgan fingerprint density at radius 3 is 2.20 bits per heavy atom. The van der Waals surface area contributed by atoms with Crippen molar-refractivity contribution in [2.45, 2.75) is 76.0 Å². The Morgan fingerprint density at radius 2 is 1.60 bits per heavy atom. The summed E-state index contributed by atoms with van der Waals surface area (Å²) in [6.45, 7) is 9.29. The molecule has 2 atom stereocenters. The van der Waals surface area contributed by atoms with Gasteiger partial charge in [-0.05, 0) is 52.5 Å². The third kappa shape index (κ3) is 3.24. The molecule has 3 rings (SSSR count). The molecule has 1 saturated carbocycles. The highest BCUT2D eigenvalue weighted by Gasteiger charge is 2.43. The third-order valence-corrected chi connectivity index (χ3v) is 4.66. The quantitative estimate of drug-likeness (QED) is 0.881. The van der Waals surface area contributed by atoms with Crippen LogP contribution < -0.4 is 10.6 Å². The zero-order valence-electron chi connectivity index (χ0n) is 13.2. The fourth-order valence-corrected chi connectivity index (χ4v) is 4.19. The van der Waals surface area contributed by atoms with Crippen molar-refractivity contribution >= 4 is 0 Å². The lowest BCUT2D eigenvalue weighted by atomic mass is 9.79. The number of hydrogen-bond donors (Lipinski definition) is 2. The van der Waals surface area contributed by atoms with Crippen molar-refractivity contribution in [3.8, 4) is 0 Å². The van der Waals surface area contributed by atoms with Gasteiger partial charge in [-0.15, -0.1) is 0 Å². The van der Waals surface area contributed by atoms with E-state index in [-0.39, 0.29) is 11.1 Å². The fraction of sp³-hybridized carbons (Fsp3) is 0.667. The topological polar surface area (TPSA) is 24.1 Å². The van der Waals surface area contributed by atoms with E-state index < -0.39 is 0 Å². The molecular weight excluding hydrogens is 244 g/mol. The van der Waals surface area contributed by atoms with Crippen molar-refractivity contribution in [1.82, 2.24) is 10.6 Å². The average Bonchev–Trinajstić information content (AvgIpc) is 3.05. The molecule has 0 unspecified atom stereocenters. The van der Waals surface area contributed by atoms with E-state index in [0.717, 1.165) is 5.92 Å². The summed E-state index contributed by atoms with van der Waals surface area (Å²) < 4.78 is 0. The lowest BCUT2D eigenvalue weighted by Crippen LogP contribution is -2.61. The van der Waals surface area contributed by atoms with E-state index in [1.54, 1.807) is 0 Å². The van der Waals surface area contributed by atoms with Gasteiger partial charge in [0.15, 0.2) is 0 Å². The van der Waals surface area contributed by atoms with E-state index >= 15 is 0 Å². The van der Waals surface area contributed by atoms with Gasteiger partial charge >= 0.3 is 0 Å². The van der Waals surface area contributed by atoms with Gasteiger partial charge in [-0.3, -0.25) is 0 Å². The first-order valence-corrected chi connectivity index (χ1v) is 7.95. The molecule has 2 N–H and O–H groups in total. The predicted octanol–water partition coefficient (Wildman–Crippen LogP) is 3.44. The number of rotatable bonds is 3. The molecule has 2 heteroatoms. The van der Waals surface area contributed by atoms with E-state index in [1.165, 1.54) is 24.8 Å². The molecule has 20 heavy (non-hydrogen) atoms. The fourth-order valence-electron chi connectivity index (χ4n) is 4.19. The Morgan fingerprint density at radius 1 is 1.00 bits per heavy atom. The van der Waals surface area contributed by atoms with Crippen LogP contribution in [0.4, 0.5) is 0 Å². The molecule has 110 valence electrons. The summed E-state index contributed by atoms with van der Waals surface area (Å²) in [7, 11) is 0. The second-order valence-electron chi connectivity index (χ2n) is 8.02. The zero-order chi connectivity index (χ0) is 14.4. The molecule has 1 aliphatic heterocycles. The van der Waals surface area contributed by atoms with Gasteiger partial charge in [0, 0.05) is 29.1 Å². The second-order valence-corrected chi connectivity index (χ2v) is 8.02. The molecule has 0 bridgehead atoms. The molecular formula is C18H28N2. The molecule has 2 nitrogen and oxygen atoms in total. The molecule has 0 radical (unpaired) electrons. The largest absolute Gasteiger partial charge is 0.310 e. The van der Waals surface area contributed by atoms with Gasteiger partial charge in [0.25, 0.3) is 0 Å². The molecule has 0 aromatic heterocycles. The summed E-state index contributed by atoms with van der Waals surface area (Å²) in [5, 5.41) is 7.67. The molecule has 1 aromatic rings. The standard InChI is InChI=1S/C18H28N2/c1-17(2)11-14(12-18(3,4)20-17)19-16-10-15(16)13-8-6-5-7-9-13/h5-9,14-16,19-20H,10-12H2,1-4H3/t15-,16+/m1/s1. The van der Waals surface area contributed by atoms with Crippen LogP contribution in [0.25, 0.3) is 0 Å². The number of benzene rings is 1. The molecule has 0 spiro atoms. The minimum atomic E-state index is 0.233.